The quantitative estimate of drug-likeness (QED) is 0.247. The summed E-state index contributed by atoms with van der Waals surface area (Å²) in [6, 6.07) is 19.7. The fraction of sp³-hybridized carbons (Fsp3) is 0.185. The maximum absolute atomic E-state index is 12.7. The summed E-state index contributed by atoms with van der Waals surface area (Å²) < 4.78 is 31.8. The van der Waals surface area contributed by atoms with Gasteiger partial charge in [-0.05, 0) is 73.2 Å². The lowest BCUT2D eigenvalue weighted by atomic mass is 10.2. The average molecular weight is 552 g/mol. The lowest BCUT2D eigenvalue weighted by molar-refractivity contribution is -0.121. The molecule has 204 valence electrons. The fourth-order valence-electron chi connectivity index (χ4n) is 3.23. The number of benzene rings is 3. The summed E-state index contributed by atoms with van der Waals surface area (Å²) in [6.45, 7) is 2.69. The van der Waals surface area contributed by atoms with E-state index in [1.807, 2.05) is 31.2 Å². The van der Waals surface area contributed by atoms with Crippen molar-refractivity contribution in [1.29, 1.82) is 0 Å². The van der Waals surface area contributed by atoms with Crippen molar-refractivity contribution < 1.29 is 27.5 Å². The smallest absolute Gasteiger partial charge is 0.262 e. The van der Waals surface area contributed by atoms with E-state index in [1.165, 1.54) is 44.5 Å². The number of amides is 3. The molecule has 3 aromatic rings. The zero-order valence-electron chi connectivity index (χ0n) is 21.7. The van der Waals surface area contributed by atoms with Crippen molar-refractivity contribution in [2.75, 3.05) is 30.8 Å². The number of carbonyl (C=O) groups excluding carboxylic acids is 3. The van der Waals surface area contributed by atoms with Gasteiger partial charge in [0.2, 0.25) is 15.9 Å². The molecule has 0 aromatic heterocycles. The Labute approximate surface area is 226 Å². The summed E-state index contributed by atoms with van der Waals surface area (Å²) in [5.74, 6) is -0.719. The van der Waals surface area contributed by atoms with Gasteiger partial charge in [0.05, 0.1) is 17.7 Å². The van der Waals surface area contributed by atoms with Crippen LogP contribution in [-0.4, -0.2) is 56.9 Å². The third-order valence-corrected chi connectivity index (χ3v) is 7.05. The minimum absolute atomic E-state index is 0.0228. The van der Waals surface area contributed by atoms with Crippen LogP contribution in [0.15, 0.2) is 82.8 Å². The summed E-state index contributed by atoms with van der Waals surface area (Å²) in [4.78, 5) is 35.4. The normalized spacial score (nSPS) is 11.3. The Morgan fingerprint density at radius 1 is 0.872 bits per heavy atom. The summed E-state index contributed by atoms with van der Waals surface area (Å²) in [7, 11) is -2.65. The maximum atomic E-state index is 12.7. The highest BCUT2D eigenvalue weighted by Gasteiger charge is 2.22. The fourth-order valence-corrected chi connectivity index (χ4v) is 4.35. The molecule has 0 aliphatic heterocycles. The van der Waals surface area contributed by atoms with E-state index in [-0.39, 0.29) is 23.3 Å². The first-order valence-corrected chi connectivity index (χ1v) is 13.2. The lowest BCUT2D eigenvalue weighted by Gasteiger charge is -2.16. The highest BCUT2D eigenvalue weighted by atomic mass is 32.2. The van der Waals surface area contributed by atoms with E-state index in [2.05, 4.69) is 21.2 Å². The largest absolute Gasteiger partial charge is 0.484 e. The average Bonchev–Trinajstić information content (AvgIpc) is 2.89. The second-order valence-electron chi connectivity index (χ2n) is 8.53. The van der Waals surface area contributed by atoms with Crippen molar-refractivity contribution in [2.45, 2.75) is 18.7 Å². The molecule has 0 heterocycles. The van der Waals surface area contributed by atoms with Crippen LogP contribution < -0.4 is 20.8 Å². The third kappa shape index (κ3) is 9.05. The Kier molecular flexibility index (Phi) is 9.90. The van der Waals surface area contributed by atoms with Crippen LogP contribution in [0.1, 0.15) is 18.1 Å². The Hall–Kier alpha value is -4.55. The molecular weight excluding hydrogens is 522 g/mol. The van der Waals surface area contributed by atoms with Crippen LogP contribution in [-0.2, 0) is 24.4 Å². The molecule has 3 rings (SSSR count). The Bertz CT molecular complexity index is 1440. The monoisotopic (exact) mass is 551 g/mol. The number of nitrogens with zero attached hydrogens (tertiary/aromatic N) is 2. The van der Waals surface area contributed by atoms with Gasteiger partial charge in [-0.15, -0.1) is 0 Å². The van der Waals surface area contributed by atoms with Crippen LogP contribution in [0.25, 0.3) is 0 Å². The van der Waals surface area contributed by atoms with Crippen LogP contribution in [0, 0.1) is 6.92 Å². The van der Waals surface area contributed by atoms with E-state index in [4.69, 9.17) is 4.74 Å². The first-order valence-electron chi connectivity index (χ1n) is 11.8. The standard InChI is InChI=1S/C27H29N5O6S/c1-19-4-8-23(9-5-19)30-27(35)18-38-24-12-6-21(7-13-24)16-28-31-26(34)17-32(3)39(36,37)25-14-10-22(11-15-25)29-20(2)33/h4-16H,17-18H2,1-3H3,(H,29,33)(H,30,35)(H,31,34). The van der Waals surface area contributed by atoms with Gasteiger partial charge < -0.3 is 15.4 Å². The number of rotatable bonds is 11. The van der Waals surface area contributed by atoms with Crippen LogP contribution in [0.3, 0.4) is 0 Å². The number of carbonyl (C=O) groups is 3. The number of hydrogen-bond donors (Lipinski definition) is 3. The molecule has 0 saturated carbocycles. The highest BCUT2D eigenvalue weighted by Crippen LogP contribution is 2.17. The Morgan fingerprint density at radius 2 is 1.46 bits per heavy atom. The molecule has 0 fully saturated rings. The molecule has 3 N–H and O–H groups in total. The number of anilines is 2. The highest BCUT2D eigenvalue weighted by molar-refractivity contribution is 7.89. The van der Waals surface area contributed by atoms with Gasteiger partial charge in [0, 0.05) is 25.3 Å². The van der Waals surface area contributed by atoms with Gasteiger partial charge in [-0.1, -0.05) is 17.7 Å². The van der Waals surface area contributed by atoms with Crippen molar-refractivity contribution >= 4 is 45.3 Å². The molecule has 0 aliphatic rings. The molecule has 0 unspecified atom stereocenters. The molecular formula is C27H29N5O6S. The van der Waals surface area contributed by atoms with E-state index < -0.39 is 22.5 Å². The molecule has 0 bridgehead atoms. The third-order valence-electron chi connectivity index (χ3n) is 5.24. The van der Waals surface area contributed by atoms with Crippen molar-refractivity contribution in [3.05, 3.63) is 83.9 Å². The molecule has 0 radical (unpaired) electrons. The molecule has 0 spiro atoms. The number of likely N-dealkylation sites (N-methyl/N-ethyl adjacent to an activating group) is 1. The van der Waals surface area contributed by atoms with Gasteiger partial charge in [-0.2, -0.15) is 9.41 Å². The predicted octanol–water partition coefficient (Wildman–Crippen LogP) is 2.74. The number of hydrogen-bond acceptors (Lipinski definition) is 7. The minimum atomic E-state index is -3.93. The van der Waals surface area contributed by atoms with Crippen molar-refractivity contribution in [3.63, 3.8) is 0 Å². The van der Waals surface area contributed by atoms with Gasteiger partial charge in [0.15, 0.2) is 6.61 Å². The Balaban J connectivity index is 1.44. The van der Waals surface area contributed by atoms with E-state index in [0.717, 1.165) is 9.87 Å². The maximum Gasteiger partial charge on any atom is 0.262 e. The van der Waals surface area contributed by atoms with Gasteiger partial charge in [0.1, 0.15) is 5.75 Å². The van der Waals surface area contributed by atoms with Crippen LogP contribution in [0.2, 0.25) is 0 Å². The molecule has 3 aromatic carbocycles. The van der Waals surface area contributed by atoms with E-state index >= 15 is 0 Å². The van der Waals surface area contributed by atoms with Crippen LogP contribution in [0.5, 0.6) is 5.75 Å². The summed E-state index contributed by atoms with van der Waals surface area (Å²) in [6.07, 6.45) is 1.39. The topological polar surface area (TPSA) is 146 Å². The molecule has 0 atom stereocenters. The van der Waals surface area contributed by atoms with Gasteiger partial charge in [-0.25, -0.2) is 13.8 Å². The number of hydrazone groups is 1. The molecule has 0 saturated heterocycles. The summed E-state index contributed by atoms with van der Waals surface area (Å²) >= 11 is 0. The van der Waals surface area contributed by atoms with Gasteiger partial charge in [0.25, 0.3) is 11.8 Å². The molecule has 12 heteroatoms. The lowest BCUT2D eigenvalue weighted by Crippen LogP contribution is -2.36. The molecule has 11 nitrogen and oxygen atoms in total. The second-order valence-corrected chi connectivity index (χ2v) is 10.6. The number of aryl methyl sites for hydroxylation is 1. The molecule has 0 aliphatic carbocycles. The number of nitrogens with one attached hydrogen (secondary N) is 3. The molecule has 39 heavy (non-hydrogen) atoms. The predicted molar refractivity (Wildman–Crippen MR) is 148 cm³/mol. The summed E-state index contributed by atoms with van der Waals surface area (Å²) in [5, 5.41) is 9.16. The van der Waals surface area contributed by atoms with Crippen molar-refractivity contribution in [1.82, 2.24) is 9.73 Å². The van der Waals surface area contributed by atoms with E-state index in [9.17, 15) is 22.8 Å². The van der Waals surface area contributed by atoms with Crippen molar-refractivity contribution in [2.24, 2.45) is 5.10 Å². The van der Waals surface area contributed by atoms with Crippen LogP contribution in [0.4, 0.5) is 11.4 Å². The number of ether oxygens (including phenoxy) is 1. The van der Waals surface area contributed by atoms with Crippen LogP contribution >= 0.6 is 0 Å². The SMILES string of the molecule is CC(=O)Nc1ccc(S(=O)(=O)N(C)CC(=O)NN=Cc2ccc(OCC(=O)Nc3ccc(C)cc3)cc2)cc1. The molecule has 3 amide bonds. The first-order chi connectivity index (χ1) is 18.5. The summed E-state index contributed by atoms with van der Waals surface area (Å²) in [5.41, 5.74) is 5.17. The van der Waals surface area contributed by atoms with E-state index in [0.29, 0.717) is 22.7 Å². The van der Waals surface area contributed by atoms with E-state index in [1.54, 1.807) is 24.3 Å². The zero-order chi connectivity index (χ0) is 28.4. The first kappa shape index (κ1) is 29.0. The van der Waals surface area contributed by atoms with Gasteiger partial charge in [-0.3, -0.25) is 14.4 Å². The van der Waals surface area contributed by atoms with Crippen molar-refractivity contribution in [3.8, 4) is 5.75 Å². The number of sulfonamides is 1. The Morgan fingerprint density at radius 3 is 2.08 bits per heavy atom. The zero-order valence-corrected chi connectivity index (χ0v) is 22.5. The second kappa shape index (κ2) is 13.3. The minimum Gasteiger partial charge on any atom is -0.484 e. The van der Waals surface area contributed by atoms with Gasteiger partial charge >= 0.3 is 0 Å².